The molecule has 3 rings (SSSR count). The van der Waals surface area contributed by atoms with Crippen LogP contribution in [-0.2, 0) is 17.9 Å². The van der Waals surface area contributed by atoms with Gasteiger partial charge in [0.2, 0.25) is 5.91 Å². The summed E-state index contributed by atoms with van der Waals surface area (Å²) >= 11 is 0. The Morgan fingerprint density at radius 2 is 1.89 bits per heavy atom. The summed E-state index contributed by atoms with van der Waals surface area (Å²) in [6, 6.07) is 16.1. The highest BCUT2D eigenvalue weighted by atomic mass is 16.2. The van der Waals surface area contributed by atoms with Crippen molar-refractivity contribution in [1.29, 1.82) is 0 Å². The van der Waals surface area contributed by atoms with Gasteiger partial charge in [0.25, 0.3) is 0 Å². The number of imidazole rings is 1. The van der Waals surface area contributed by atoms with Gasteiger partial charge in [0, 0.05) is 25.5 Å². The third kappa shape index (κ3) is 4.83. The van der Waals surface area contributed by atoms with Crippen LogP contribution in [0.4, 0.5) is 0 Å². The molecule has 1 amide bonds. The summed E-state index contributed by atoms with van der Waals surface area (Å²) in [5.41, 5.74) is 10.5. The molecule has 0 aliphatic carbocycles. The maximum absolute atomic E-state index is 12.2. The molecule has 0 fully saturated rings. The molecule has 140 valence electrons. The second-order valence-electron chi connectivity index (χ2n) is 7.08. The highest BCUT2D eigenvalue weighted by Gasteiger charge is 2.17. The van der Waals surface area contributed by atoms with Crippen molar-refractivity contribution in [2.45, 2.75) is 33.0 Å². The Balaban J connectivity index is 1.72. The third-order valence-corrected chi connectivity index (χ3v) is 4.68. The molecule has 0 radical (unpaired) electrons. The summed E-state index contributed by atoms with van der Waals surface area (Å²) < 4.78 is 2.04. The van der Waals surface area contributed by atoms with E-state index in [1.54, 1.807) is 6.20 Å². The van der Waals surface area contributed by atoms with Gasteiger partial charge in [-0.2, -0.15) is 0 Å². The van der Waals surface area contributed by atoms with Crippen molar-refractivity contribution in [2.24, 2.45) is 11.7 Å². The summed E-state index contributed by atoms with van der Waals surface area (Å²) in [5, 5.41) is 2.96. The lowest BCUT2D eigenvalue weighted by molar-refractivity contribution is -0.123. The van der Waals surface area contributed by atoms with E-state index in [0.29, 0.717) is 6.54 Å². The lowest BCUT2D eigenvalue weighted by atomic mass is 9.98. The fraction of sp³-hybridized carbons (Fsp3) is 0.273. The van der Waals surface area contributed by atoms with Crippen molar-refractivity contribution in [3.8, 4) is 11.1 Å². The number of aromatic nitrogens is 2. The summed E-state index contributed by atoms with van der Waals surface area (Å²) in [6.07, 6.45) is 5.55. The summed E-state index contributed by atoms with van der Waals surface area (Å²) in [4.78, 5) is 16.2. The minimum atomic E-state index is -0.486. The first-order valence-corrected chi connectivity index (χ1v) is 9.21. The van der Waals surface area contributed by atoms with Gasteiger partial charge in [-0.15, -0.1) is 0 Å². The van der Waals surface area contributed by atoms with E-state index < -0.39 is 6.04 Å². The first-order valence-electron chi connectivity index (χ1n) is 9.21. The molecule has 27 heavy (non-hydrogen) atoms. The maximum atomic E-state index is 12.2. The number of nitrogens with zero attached hydrogens (tertiary/aromatic N) is 2. The Morgan fingerprint density at radius 1 is 1.15 bits per heavy atom. The fourth-order valence-electron chi connectivity index (χ4n) is 2.94. The normalized spacial score (nSPS) is 12.1. The van der Waals surface area contributed by atoms with Gasteiger partial charge in [-0.25, -0.2) is 4.98 Å². The predicted octanol–water partition coefficient (Wildman–Crippen LogP) is 3.20. The van der Waals surface area contributed by atoms with Crippen molar-refractivity contribution < 1.29 is 4.79 Å². The standard InChI is InChI=1S/C22H26N4O/c1-16(2)21(23)22(27)25-13-19-5-3-4-6-20(19)18-9-7-17(8-10-18)14-26-12-11-24-15-26/h3-12,15-16,21H,13-14,23H2,1-2H3,(H,25,27)/t21-/m0/s1. The smallest absolute Gasteiger partial charge is 0.237 e. The zero-order valence-electron chi connectivity index (χ0n) is 15.8. The van der Waals surface area contributed by atoms with E-state index in [9.17, 15) is 4.79 Å². The molecule has 1 aromatic heterocycles. The van der Waals surface area contributed by atoms with Crippen LogP contribution in [0.1, 0.15) is 25.0 Å². The molecule has 0 aliphatic heterocycles. The number of hydrogen-bond donors (Lipinski definition) is 2. The van der Waals surface area contributed by atoms with Gasteiger partial charge in [0.05, 0.1) is 12.4 Å². The molecule has 2 aromatic carbocycles. The molecule has 0 saturated heterocycles. The first kappa shape index (κ1) is 18.9. The molecule has 3 aromatic rings. The number of carbonyl (C=O) groups is 1. The van der Waals surface area contributed by atoms with Crippen LogP contribution in [-0.4, -0.2) is 21.5 Å². The zero-order valence-corrected chi connectivity index (χ0v) is 15.8. The fourth-order valence-corrected chi connectivity index (χ4v) is 2.94. The molecular weight excluding hydrogens is 336 g/mol. The van der Waals surface area contributed by atoms with Crippen molar-refractivity contribution >= 4 is 5.91 Å². The summed E-state index contributed by atoms with van der Waals surface area (Å²) in [6.45, 7) is 5.16. The van der Waals surface area contributed by atoms with Crippen LogP contribution in [0.3, 0.4) is 0 Å². The summed E-state index contributed by atoms with van der Waals surface area (Å²) in [5.74, 6) is -0.00114. The minimum Gasteiger partial charge on any atom is -0.351 e. The van der Waals surface area contributed by atoms with Gasteiger partial charge in [-0.3, -0.25) is 4.79 Å². The largest absolute Gasteiger partial charge is 0.351 e. The SMILES string of the molecule is CC(C)[C@H](N)C(=O)NCc1ccccc1-c1ccc(Cn2ccnc2)cc1. The van der Waals surface area contributed by atoms with Crippen molar-refractivity contribution in [3.63, 3.8) is 0 Å². The molecule has 0 aliphatic rings. The van der Waals surface area contributed by atoms with E-state index >= 15 is 0 Å². The van der Waals surface area contributed by atoms with Crippen LogP contribution >= 0.6 is 0 Å². The molecule has 0 unspecified atom stereocenters. The monoisotopic (exact) mass is 362 g/mol. The van der Waals surface area contributed by atoms with E-state index in [2.05, 4.69) is 40.6 Å². The van der Waals surface area contributed by atoms with E-state index in [1.807, 2.05) is 49.1 Å². The number of rotatable bonds is 7. The molecule has 0 spiro atoms. The molecule has 0 saturated carbocycles. The second kappa shape index (κ2) is 8.64. The molecular formula is C22H26N4O. The van der Waals surface area contributed by atoms with Gasteiger partial charge in [-0.1, -0.05) is 62.4 Å². The number of nitrogens with one attached hydrogen (secondary N) is 1. The average molecular weight is 362 g/mol. The van der Waals surface area contributed by atoms with Crippen LogP contribution in [0.5, 0.6) is 0 Å². The van der Waals surface area contributed by atoms with Gasteiger partial charge < -0.3 is 15.6 Å². The Hall–Kier alpha value is -2.92. The number of carbonyl (C=O) groups excluding carboxylic acids is 1. The number of hydrogen-bond acceptors (Lipinski definition) is 3. The van der Waals surface area contributed by atoms with Gasteiger partial charge in [-0.05, 0) is 28.2 Å². The molecule has 5 heteroatoms. The van der Waals surface area contributed by atoms with Crippen LogP contribution in [0.15, 0.2) is 67.3 Å². The highest BCUT2D eigenvalue weighted by Crippen LogP contribution is 2.24. The quantitative estimate of drug-likeness (QED) is 0.678. The summed E-state index contributed by atoms with van der Waals surface area (Å²) in [7, 11) is 0. The lowest BCUT2D eigenvalue weighted by Gasteiger charge is -2.16. The zero-order chi connectivity index (χ0) is 19.2. The van der Waals surface area contributed by atoms with E-state index in [4.69, 9.17) is 5.73 Å². The number of amides is 1. The number of benzene rings is 2. The van der Waals surface area contributed by atoms with Crippen LogP contribution in [0, 0.1) is 5.92 Å². The van der Waals surface area contributed by atoms with Crippen LogP contribution in [0.25, 0.3) is 11.1 Å². The van der Waals surface area contributed by atoms with Gasteiger partial charge in [0.1, 0.15) is 0 Å². The van der Waals surface area contributed by atoms with E-state index in [0.717, 1.165) is 23.2 Å². The minimum absolute atomic E-state index is 0.114. The van der Waals surface area contributed by atoms with E-state index in [1.165, 1.54) is 5.56 Å². The van der Waals surface area contributed by atoms with Crippen molar-refractivity contribution in [1.82, 2.24) is 14.9 Å². The molecule has 5 nitrogen and oxygen atoms in total. The maximum Gasteiger partial charge on any atom is 0.237 e. The molecule has 0 bridgehead atoms. The highest BCUT2D eigenvalue weighted by molar-refractivity contribution is 5.82. The van der Waals surface area contributed by atoms with Crippen LogP contribution in [0.2, 0.25) is 0 Å². The Kier molecular flexibility index (Phi) is 6.04. The van der Waals surface area contributed by atoms with Crippen molar-refractivity contribution in [3.05, 3.63) is 78.4 Å². The van der Waals surface area contributed by atoms with Crippen molar-refractivity contribution in [2.75, 3.05) is 0 Å². The second-order valence-corrected chi connectivity index (χ2v) is 7.08. The molecule has 1 heterocycles. The Bertz CT molecular complexity index is 870. The first-order chi connectivity index (χ1) is 13.0. The Labute approximate surface area is 160 Å². The average Bonchev–Trinajstić information content (AvgIpc) is 3.19. The lowest BCUT2D eigenvalue weighted by Crippen LogP contribution is -2.43. The molecule has 1 atom stereocenters. The van der Waals surface area contributed by atoms with E-state index in [-0.39, 0.29) is 11.8 Å². The van der Waals surface area contributed by atoms with Gasteiger partial charge >= 0.3 is 0 Å². The molecule has 3 N–H and O–H groups in total. The third-order valence-electron chi connectivity index (χ3n) is 4.68. The Morgan fingerprint density at radius 3 is 2.56 bits per heavy atom. The number of nitrogens with two attached hydrogens (primary N) is 1. The topological polar surface area (TPSA) is 72.9 Å². The predicted molar refractivity (Wildman–Crippen MR) is 108 cm³/mol. The van der Waals surface area contributed by atoms with Gasteiger partial charge in [0.15, 0.2) is 0 Å². The van der Waals surface area contributed by atoms with Crippen LogP contribution < -0.4 is 11.1 Å².